The quantitative estimate of drug-likeness (QED) is 0.929. The molecule has 5 heteroatoms. The average Bonchev–Trinajstić information content (AvgIpc) is 2.46. The molecule has 0 heterocycles. The molecule has 0 spiro atoms. The lowest BCUT2D eigenvalue weighted by atomic mass is 10.1. The van der Waals surface area contributed by atoms with Crippen LogP contribution in [0.3, 0.4) is 0 Å². The number of ether oxygens (including phenoxy) is 1. The van der Waals surface area contributed by atoms with Crippen LogP contribution in [0, 0.1) is 0 Å². The molecule has 0 fully saturated rings. The predicted octanol–water partition coefficient (Wildman–Crippen LogP) is 3.93. The fourth-order valence-electron chi connectivity index (χ4n) is 1.77. The van der Waals surface area contributed by atoms with Gasteiger partial charge in [0.15, 0.2) is 0 Å². The monoisotopic (exact) mass is 309 g/mol. The summed E-state index contributed by atoms with van der Waals surface area (Å²) in [5, 5.41) is 3.94. The first kappa shape index (κ1) is 14.7. The van der Waals surface area contributed by atoms with Gasteiger partial charge in [0.25, 0.3) is 5.91 Å². The summed E-state index contributed by atoms with van der Waals surface area (Å²) in [5.41, 5.74) is 1.29. The smallest absolute Gasteiger partial charge is 0.255 e. The SMILES string of the molecule is COc1cc(Cl)ccc1C(=O)NCc1ccccc1Cl. The summed E-state index contributed by atoms with van der Waals surface area (Å²) in [4.78, 5) is 12.1. The van der Waals surface area contributed by atoms with Gasteiger partial charge in [-0.1, -0.05) is 41.4 Å². The number of benzene rings is 2. The summed E-state index contributed by atoms with van der Waals surface area (Å²) in [7, 11) is 1.50. The Labute approximate surface area is 127 Å². The van der Waals surface area contributed by atoms with Crippen LogP contribution in [0.1, 0.15) is 15.9 Å². The summed E-state index contributed by atoms with van der Waals surface area (Å²) >= 11 is 11.9. The van der Waals surface area contributed by atoms with Crippen LogP contribution < -0.4 is 10.1 Å². The van der Waals surface area contributed by atoms with E-state index in [-0.39, 0.29) is 5.91 Å². The summed E-state index contributed by atoms with van der Waals surface area (Å²) in [5.74, 6) is 0.201. The second kappa shape index (κ2) is 6.64. The zero-order chi connectivity index (χ0) is 14.5. The Hall–Kier alpha value is -1.71. The minimum Gasteiger partial charge on any atom is -0.496 e. The van der Waals surface area contributed by atoms with Gasteiger partial charge in [0.2, 0.25) is 0 Å². The van der Waals surface area contributed by atoms with Crippen LogP contribution in [0.4, 0.5) is 0 Å². The highest BCUT2D eigenvalue weighted by Crippen LogP contribution is 2.23. The Morgan fingerprint density at radius 3 is 2.65 bits per heavy atom. The molecule has 3 nitrogen and oxygen atoms in total. The highest BCUT2D eigenvalue weighted by atomic mass is 35.5. The molecule has 2 rings (SSSR count). The van der Waals surface area contributed by atoms with Crippen LogP contribution in [0.15, 0.2) is 42.5 Å². The third kappa shape index (κ3) is 3.44. The molecule has 1 amide bonds. The van der Waals surface area contributed by atoms with Gasteiger partial charge < -0.3 is 10.1 Å². The molecular weight excluding hydrogens is 297 g/mol. The lowest BCUT2D eigenvalue weighted by Gasteiger charge is -2.10. The van der Waals surface area contributed by atoms with E-state index in [4.69, 9.17) is 27.9 Å². The van der Waals surface area contributed by atoms with E-state index in [0.717, 1.165) is 5.56 Å². The largest absolute Gasteiger partial charge is 0.496 e. The normalized spacial score (nSPS) is 10.2. The number of methoxy groups -OCH3 is 1. The van der Waals surface area contributed by atoms with Crippen molar-refractivity contribution >= 4 is 29.1 Å². The van der Waals surface area contributed by atoms with E-state index in [0.29, 0.717) is 27.9 Å². The summed E-state index contributed by atoms with van der Waals surface area (Å²) in [6.07, 6.45) is 0. The third-order valence-corrected chi connectivity index (χ3v) is 3.41. The molecule has 0 aliphatic heterocycles. The standard InChI is InChI=1S/C15H13Cl2NO2/c1-20-14-8-11(16)6-7-12(14)15(19)18-9-10-4-2-3-5-13(10)17/h2-8H,9H2,1H3,(H,18,19). The van der Waals surface area contributed by atoms with Gasteiger partial charge in [-0.15, -0.1) is 0 Å². The van der Waals surface area contributed by atoms with Crippen molar-refractivity contribution in [3.8, 4) is 5.75 Å². The zero-order valence-electron chi connectivity index (χ0n) is 10.8. The molecule has 1 N–H and O–H groups in total. The van der Waals surface area contributed by atoms with Crippen LogP contribution in [-0.4, -0.2) is 13.0 Å². The van der Waals surface area contributed by atoms with Crippen molar-refractivity contribution in [2.45, 2.75) is 6.54 Å². The third-order valence-electron chi connectivity index (χ3n) is 2.81. The van der Waals surface area contributed by atoms with Crippen LogP contribution >= 0.6 is 23.2 Å². The predicted molar refractivity (Wildman–Crippen MR) is 80.6 cm³/mol. The van der Waals surface area contributed by atoms with E-state index < -0.39 is 0 Å². The highest BCUT2D eigenvalue weighted by Gasteiger charge is 2.12. The minimum atomic E-state index is -0.238. The van der Waals surface area contributed by atoms with Crippen LogP contribution in [-0.2, 0) is 6.54 Å². The van der Waals surface area contributed by atoms with Gasteiger partial charge >= 0.3 is 0 Å². The van der Waals surface area contributed by atoms with Crippen LogP contribution in [0.2, 0.25) is 10.0 Å². The van der Waals surface area contributed by atoms with Crippen molar-refractivity contribution in [3.05, 3.63) is 63.6 Å². The molecule has 0 bridgehead atoms. The molecule has 0 unspecified atom stereocenters. The van der Waals surface area contributed by atoms with Gasteiger partial charge in [-0.2, -0.15) is 0 Å². The second-order valence-electron chi connectivity index (χ2n) is 4.12. The lowest BCUT2D eigenvalue weighted by Crippen LogP contribution is -2.23. The zero-order valence-corrected chi connectivity index (χ0v) is 12.3. The van der Waals surface area contributed by atoms with E-state index in [1.165, 1.54) is 7.11 Å². The molecule has 20 heavy (non-hydrogen) atoms. The van der Waals surface area contributed by atoms with E-state index in [2.05, 4.69) is 5.32 Å². The first-order valence-corrected chi connectivity index (χ1v) is 6.72. The molecule has 0 atom stereocenters. The number of rotatable bonds is 4. The molecule has 2 aromatic carbocycles. The Kier molecular flexibility index (Phi) is 4.88. The Balaban J connectivity index is 2.11. The molecule has 0 aromatic heterocycles. The summed E-state index contributed by atoms with van der Waals surface area (Å²) < 4.78 is 5.15. The summed E-state index contributed by atoms with van der Waals surface area (Å²) in [6, 6.07) is 12.2. The number of hydrogen-bond donors (Lipinski definition) is 1. The van der Waals surface area contributed by atoms with Crippen molar-refractivity contribution in [1.29, 1.82) is 0 Å². The van der Waals surface area contributed by atoms with Crippen LogP contribution in [0.25, 0.3) is 0 Å². The van der Waals surface area contributed by atoms with Crippen molar-refractivity contribution in [1.82, 2.24) is 5.32 Å². The second-order valence-corrected chi connectivity index (χ2v) is 4.96. The van der Waals surface area contributed by atoms with Gasteiger partial charge in [-0.25, -0.2) is 0 Å². The van der Waals surface area contributed by atoms with E-state index >= 15 is 0 Å². The molecule has 0 aliphatic rings. The Morgan fingerprint density at radius 1 is 1.20 bits per heavy atom. The topological polar surface area (TPSA) is 38.3 Å². The minimum absolute atomic E-state index is 0.238. The van der Waals surface area contributed by atoms with E-state index in [9.17, 15) is 4.79 Å². The van der Waals surface area contributed by atoms with E-state index in [1.807, 2.05) is 18.2 Å². The van der Waals surface area contributed by atoms with Crippen molar-refractivity contribution < 1.29 is 9.53 Å². The molecule has 0 saturated heterocycles. The molecular formula is C15H13Cl2NO2. The van der Waals surface area contributed by atoms with Gasteiger partial charge in [0.05, 0.1) is 12.7 Å². The first-order valence-electron chi connectivity index (χ1n) is 5.97. The maximum atomic E-state index is 12.1. The van der Waals surface area contributed by atoms with Crippen molar-refractivity contribution in [2.24, 2.45) is 0 Å². The number of nitrogens with one attached hydrogen (secondary N) is 1. The maximum Gasteiger partial charge on any atom is 0.255 e. The number of amides is 1. The first-order chi connectivity index (χ1) is 9.61. The number of carbonyl (C=O) groups is 1. The Bertz CT molecular complexity index is 629. The molecule has 2 aromatic rings. The molecule has 104 valence electrons. The van der Waals surface area contributed by atoms with Gasteiger partial charge in [0.1, 0.15) is 5.75 Å². The molecule has 0 aliphatic carbocycles. The number of halogens is 2. The van der Waals surface area contributed by atoms with Gasteiger partial charge in [-0.05, 0) is 29.8 Å². The Morgan fingerprint density at radius 2 is 1.95 bits per heavy atom. The molecule has 0 radical (unpaired) electrons. The fourth-order valence-corrected chi connectivity index (χ4v) is 2.13. The van der Waals surface area contributed by atoms with Crippen LogP contribution in [0.5, 0.6) is 5.75 Å². The number of carbonyl (C=O) groups excluding carboxylic acids is 1. The number of hydrogen-bond acceptors (Lipinski definition) is 2. The van der Waals surface area contributed by atoms with Gasteiger partial charge in [-0.3, -0.25) is 4.79 Å². The van der Waals surface area contributed by atoms with E-state index in [1.54, 1.807) is 24.3 Å². The summed E-state index contributed by atoms with van der Waals surface area (Å²) in [6.45, 7) is 0.351. The maximum absolute atomic E-state index is 12.1. The fraction of sp³-hybridized carbons (Fsp3) is 0.133. The van der Waals surface area contributed by atoms with Gasteiger partial charge in [0, 0.05) is 16.6 Å². The molecule has 0 saturated carbocycles. The lowest BCUT2D eigenvalue weighted by molar-refractivity contribution is 0.0948. The average molecular weight is 310 g/mol. The highest BCUT2D eigenvalue weighted by molar-refractivity contribution is 6.31. The van der Waals surface area contributed by atoms with Crippen molar-refractivity contribution in [2.75, 3.05) is 7.11 Å². The van der Waals surface area contributed by atoms with Crippen molar-refractivity contribution in [3.63, 3.8) is 0 Å².